The fraction of sp³-hybridized carbons (Fsp3) is 0.444. The Bertz CT molecular complexity index is 441. The maximum absolute atomic E-state index is 4.44. The van der Waals surface area contributed by atoms with Gasteiger partial charge in [0.15, 0.2) is 0 Å². The lowest BCUT2D eigenvalue weighted by atomic mass is 10.4. The van der Waals surface area contributed by atoms with Gasteiger partial charge in [-0.25, -0.2) is 9.97 Å². The largest absolute Gasteiger partial charge is 0.354 e. The van der Waals surface area contributed by atoms with Gasteiger partial charge in [0.1, 0.15) is 10.8 Å². The summed E-state index contributed by atoms with van der Waals surface area (Å²) in [5.74, 6) is 0.814. The summed E-state index contributed by atoms with van der Waals surface area (Å²) in [7, 11) is 0. The van der Waals surface area contributed by atoms with Gasteiger partial charge in [-0.2, -0.15) is 4.37 Å². The van der Waals surface area contributed by atoms with Crippen molar-refractivity contribution in [1.82, 2.24) is 14.3 Å². The fourth-order valence-corrected chi connectivity index (χ4v) is 2.58. The Kier molecular flexibility index (Phi) is 2.97. The van der Waals surface area contributed by atoms with Crippen LogP contribution < -0.4 is 5.32 Å². The Balaban J connectivity index is 1.99. The van der Waals surface area contributed by atoms with Gasteiger partial charge >= 0.3 is 0 Å². The molecule has 6 heteroatoms. The van der Waals surface area contributed by atoms with Crippen LogP contribution in [0.3, 0.4) is 0 Å². The third-order valence-electron chi connectivity index (χ3n) is 1.99. The van der Waals surface area contributed by atoms with Gasteiger partial charge < -0.3 is 5.32 Å². The zero-order valence-corrected chi connectivity index (χ0v) is 10.5. The van der Waals surface area contributed by atoms with E-state index in [2.05, 4.69) is 26.6 Å². The van der Waals surface area contributed by atoms with Gasteiger partial charge in [0.2, 0.25) is 5.13 Å². The van der Waals surface area contributed by atoms with E-state index in [0.717, 1.165) is 28.2 Å². The highest BCUT2D eigenvalue weighted by molar-refractivity contribution is 7.11. The molecule has 2 aromatic heterocycles. The zero-order valence-electron chi connectivity index (χ0n) is 8.87. The SMILES string of the molecule is Cc1nsc(NCc2nc(C)c(C)s2)n1. The van der Waals surface area contributed by atoms with Crippen LogP contribution >= 0.6 is 22.9 Å². The Hall–Kier alpha value is -1.01. The molecular formula is C9H12N4S2. The number of anilines is 1. The normalized spacial score (nSPS) is 10.6. The first-order chi connectivity index (χ1) is 7.15. The molecule has 0 atom stereocenters. The quantitative estimate of drug-likeness (QED) is 0.895. The molecular weight excluding hydrogens is 228 g/mol. The van der Waals surface area contributed by atoms with E-state index in [1.165, 1.54) is 16.4 Å². The van der Waals surface area contributed by atoms with Gasteiger partial charge in [-0.05, 0) is 20.8 Å². The van der Waals surface area contributed by atoms with Crippen LogP contribution in [-0.4, -0.2) is 14.3 Å². The first-order valence-electron chi connectivity index (χ1n) is 4.62. The molecule has 1 N–H and O–H groups in total. The van der Waals surface area contributed by atoms with Crippen molar-refractivity contribution in [3.05, 3.63) is 21.4 Å². The first-order valence-corrected chi connectivity index (χ1v) is 6.21. The van der Waals surface area contributed by atoms with E-state index in [1.54, 1.807) is 11.3 Å². The van der Waals surface area contributed by atoms with E-state index in [4.69, 9.17) is 0 Å². The molecule has 0 bridgehead atoms. The van der Waals surface area contributed by atoms with Gasteiger partial charge in [0, 0.05) is 16.4 Å². The summed E-state index contributed by atoms with van der Waals surface area (Å²) < 4.78 is 4.10. The minimum atomic E-state index is 0.730. The molecule has 0 amide bonds. The second-order valence-electron chi connectivity index (χ2n) is 3.25. The van der Waals surface area contributed by atoms with Crippen molar-refractivity contribution in [2.75, 3.05) is 5.32 Å². The molecule has 0 radical (unpaired) electrons. The van der Waals surface area contributed by atoms with E-state index in [9.17, 15) is 0 Å². The molecule has 0 aromatic carbocycles. The summed E-state index contributed by atoms with van der Waals surface area (Å²) in [6.07, 6.45) is 0. The lowest BCUT2D eigenvalue weighted by Gasteiger charge is -1.96. The zero-order chi connectivity index (χ0) is 10.8. The molecule has 2 heterocycles. The summed E-state index contributed by atoms with van der Waals surface area (Å²) in [6, 6.07) is 0. The highest BCUT2D eigenvalue weighted by atomic mass is 32.1. The summed E-state index contributed by atoms with van der Waals surface area (Å²) in [4.78, 5) is 9.95. The predicted molar refractivity (Wildman–Crippen MR) is 63.6 cm³/mol. The summed E-state index contributed by atoms with van der Waals surface area (Å²) in [5, 5.41) is 5.17. The van der Waals surface area contributed by atoms with Crippen LogP contribution in [-0.2, 0) is 6.54 Å². The summed E-state index contributed by atoms with van der Waals surface area (Å²) in [6.45, 7) is 6.74. The monoisotopic (exact) mass is 240 g/mol. The Morgan fingerprint density at radius 3 is 2.53 bits per heavy atom. The summed E-state index contributed by atoms with van der Waals surface area (Å²) >= 11 is 3.11. The maximum Gasteiger partial charge on any atom is 0.202 e. The van der Waals surface area contributed by atoms with E-state index < -0.39 is 0 Å². The average Bonchev–Trinajstić information content (AvgIpc) is 2.72. The summed E-state index contributed by atoms with van der Waals surface area (Å²) in [5.41, 5.74) is 1.12. The average molecular weight is 240 g/mol. The van der Waals surface area contributed by atoms with Gasteiger partial charge in [-0.3, -0.25) is 0 Å². The molecule has 2 rings (SSSR count). The second kappa shape index (κ2) is 4.24. The number of nitrogens with one attached hydrogen (secondary N) is 1. The molecule has 0 saturated heterocycles. The van der Waals surface area contributed by atoms with Crippen LogP contribution in [0.1, 0.15) is 21.4 Å². The number of aromatic nitrogens is 3. The first kappa shape index (κ1) is 10.5. The molecule has 80 valence electrons. The molecule has 0 spiro atoms. The number of thiazole rings is 1. The van der Waals surface area contributed by atoms with Crippen LogP contribution in [0.2, 0.25) is 0 Å². The van der Waals surface area contributed by atoms with Crippen molar-refractivity contribution in [1.29, 1.82) is 0 Å². The van der Waals surface area contributed by atoms with E-state index in [-0.39, 0.29) is 0 Å². The van der Waals surface area contributed by atoms with E-state index >= 15 is 0 Å². The van der Waals surface area contributed by atoms with Crippen molar-refractivity contribution in [3.8, 4) is 0 Å². The predicted octanol–water partition coefficient (Wildman–Crippen LogP) is 2.53. The number of aryl methyl sites for hydroxylation is 3. The molecule has 0 aliphatic rings. The van der Waals surface area contributed by atoms with Crippen LogP contribution in [0.25, 0.3) is 0 Å². The van der Waals surface area contributed by atoms with Gasteiger partial charge in [0.25, 0.3) is 0 Å². The van der Waals surface area contributed by atoms with Crippen molar-refractivity contribution >= 4 is 28.0 Å². The Morgan fingerprint density at radius 1 is 1.20 bits per heavy atom. The van der Waals surface area contributed by atoms with E-state index in [0.29, 0.717) is 0 Å². The van der Waals surface area contributed by atoms with Gasteiger partial charge in [-0.15, -0.1) is 11.3 Å². The third-order valence-corrected chi connectivity index (χ3v) is 3.83. The van der Waals surface area contributed by atoms with Crippen LogP contribution in [0.5, 0.6) is 0 Å². The maximum atomic E-state index is 4.44. The molecule has 0 unspecified atom stereocenters. The van der Waals surface area contributed by atoms with Crippen molar-refractivity contribution in [2.24, 2.45) is 0 Å². The molecule has 0 saturated carbocycles. The fourth-order valence-electron chi connectivity index (χ4n) is 1.13. The Morgan fingerprint density at radius 2 is 2.00 bits per heavy atom. The molecule has 0 aliphatic heterocycles. The van der Waals surface area contributed by atoms with Crippen LogP contribution in [0.4, 0.5) is 5.13 Å². The number of hydrogen-bond acceptors (Lipinski definition) is 6. The third kappa shape index (κ3) is 2.51. The molecule has 15 heavy (non-hydrogen) atoms. The number of rotatable bonds is 3. The highest BCUT2D eigenvalue weighted by Crippen LogP contribution is 2.18. The number of nitrogens with zero attached hydrogens (tertiary/aromatic N) is 3. The van der Waals surface area contributed by atoms with E-state index in [1.807, 2.05) is 13.8 Å². The standard InChI is InChI=1S/C9H12N4S2/c1-5-6(2)14-8(11-5)4-10-9-12-7(3)13-15-9/h4H2,1-3H3,(H,10,12,13). The van der Waals surface area contributed by atoms with Crippen LogP contribution in [0, 0.1) is 20.8 Å². The van der Waals surface area contributed by atoms with Crippen molar-refractivity contribution in [3.63, 3.8) is 0 Å². The minimum Gasteiger partial charge on any atom is -0.354 e. The topological polar surface area (TPSA) is 50.7 Å². The molecule has 0 fully saturated rings. The minimum absolute atomic E-state index is 0.730. The van der Waals surface area contributed by atoms with Gasteiger partial charge in [-0.1, -0.05) is 0 Å². The lowest BCUT2D eigenvalue weighted by Crippen LogP contribution is -1.98. The Labute approximate surface area is 96.6 Å². The van der Waals surface area contributed by atoms with Crippen LogP contribution in [0.15, 0.2) is 0 Å². The van der Waals surface area contributed by atoms with Crippen molar-refractivity contribution in [2.45, 2.75) is 27.3 Å². The molecule has 0 aliphatic carbocycles. The second-order valence-corrected chi connectivity index (χ2v) is 5.29. The van der Waals surface area contributed by atoms with Crippen molar-refractivity contribution < 1.29 is 0 Å². The smallest absolute Gasteiger partial charge is 0.202 e. The molecule has 2 aromatic rings. The highest BCUT2D eigenvalue weighted by Gasteiger charge is 2.04. The molecule has 4 nitrogen and oxygen atoms in total. The lowest BCUT2D eigenvalue weighted by molar-refractivity contribution is 1.06. The van der Waals surface area contributed by atoms with Gasteiger partial charge in [0.05, 0.1) is 12.2 Å². The number of hydrogen-bond donors (Lipinski definition) is 1.